The van der Waals surface area contributed by atoms with Crippen molar-refractivity contribution in [3.05, 3.63) is 46.6 Å². The van der Waals surface area contributed by atoms with Crippen LogP contribution in [0.3, 0.4) is 0 Å². The van der Waals surface area contributed by atoms with Crippen molar-refractivity contribution < 1.29 is 28.0 Å². The molecule has 0 bridgehead atoms. The zero-order valence-electron chi connectivity index (χ0n) is 15.3. The van der Waals surface area contributed by atoms with Crippen molar-refractivity contribution in [1.29, 1.82) is 0 Å². The predicted octanol–water partition coefficient (Wildman–Crippen LogP) is 2.99. The molecule has 2 N–H and O–H groups in total. The molecule has 2 heterocycles. The van der Waals surface area contributed by atoms with Gasteiger partial charge in [-0.15, -0.1) is 0 Å². The van der Waals surface area contributed by atoms with E-state index in [1.165, 1.54) is 18.2 Å². The SMILES string of the molecule is NC(=O)c1cc(COC(=O)N2C[C@H]3C[C@@H](Oc4ccc(Cl)cc4F)C[C@H]3C2)on1. The first kappa shape index (κ1) is 19.5. The molecule has 29 heavy (non-hydrogen) atoms. The molecule has 2 fully saturated rings. The number of likely N-dealkylation sites (tertiary alicyclic amines) is 1. The fraction of sp³-hybridized carbons (Fsp3) is 0.421. The van der Waals surface area contributed by atoms with Crippen molar-refractivity contribution in [2.75, 3.05) is 13.1 Å². The lowest BCUT2D eigenvalue weighted by atomic mass is 10.0. The van der Waals surface area contributed by atoms with Crippen LogP contribution in [0, 0.1) is 17.7 Å². The minimum absolute atomic E-state index is 0.0186. The van der Waals surface area contributed by atoms with Gasteiger partial charge in [-0.2, -0.15) is 0 Å². The van der Waals surface area contributed by atoms with Gasteiger partial charge in [-0.05, 0) is 42.9 Å². The van der Waals surface area contributed by atoms with Crippen molar-refractivity contribution >= 4 is 23.6 Å². The van der Waals surface area contributed by atoms with Crippen LogP contribution in [0.1, 0.15) is 29.1 Å². The Balaban J connectivity index is 1.26. The first-order valence-corrected chi connectivity index (χ1v) is 9.55. The number of ether oxygens (including phenoxy) is 2. The average molecular weight is 424 g/mol. The fourth-order valence-electron chi connectivity index (χ4n) is 3.96. The minimum Gasteiger partial charge on any atom is -0.487 e. The molecular weight excluding hydrogens is 405 g/mol. The van der Waals surface area contributed by atoms with E-state index in [1.54, 1.807) is 11.0 Å². The molecule has 2 amide bonds. The van der Waals surface area contributed by atoms with Gasteiger partial charge in [-0.25, -0.2) is 9.18 Å². The Bertz CT molecular complexity index is 922. The largest absolute Gasteiger partial charge is 0.487 e. The summed E-state index contributed by atoms with van der Waals surface area (Å²) in [7, 11) is 0. The third kappa shape index (κ3) is 4.29. The average Bonchev–Trinajstić information content (AvgIpc) is 3.36. The van der Waals surface area contributed by atoms with Crippen molar-refractivity contribution in [3.63, 3.8) is 0 Å². The standard InChI is InChI=1S/C19H19ClFN3O5/c20-12-1-2-17(15(21)5-12)28-13-3-10-7-24(8-11(10)4-13)19(26)27-9-14-6-16(18(22)25)23-29-14/h1-2,5-6,10-11,13H,3-4,7-9H2,(H2,22,25)/t10-,11+,13-. The van der Waals surface area contributed by atoms with Crippen molar-refractivity contribution in [2.24, 2.45) is 17.6 Å². The van der Waals surface area contributed by atoms with Crippen LogP contribution in [-0.2, 0) is 11.3 Å². The van der Waals surface area contributed by atoms with E-state index in [4.69, 9.17) is 31.3 Å². The van der Waals surface area contributed by atoms with Gasteiger partial charge in [0.2, 0.25) is 0 Å². The number of hydrogen-bond donors (Lipinski definition) is 1. The molecule has 1 aliphatic carbocycles. The summed E-state index contributed by atoms with van der Waals surface area (Å²) in [4.78, 5) is 24.9. The summed E-state index contributed by atoms with van der Waals surface area (Å²) in [6.07, 6.45) is 0.916. The van der Waals surface area contributed by atoms with Gasteiger partial charge < -0.3 is 24.6 Å². The van der Waals surface area contributed by atoms with Crippen LogP contribution < -0.4 is 10.5 Å². The summed E-state index contributed by atoms with van der Waals surface area (Å²) < 4.78 is 29.8. The molecule has 1 aliphatic heterocycles. The number of amides is 2. The third-order valence-corrected chi connectivity index (χ3v) is 5.54. The van der Waals surface area contributed by atoms with Crippen LogP contribution in [0.5, 0.6) is 5.75 Å². The lowest BCUT2D eigenvalue weighted by molar-refractivity contribution is 0.0898. The highest BCUT2D eigenvalue weighted by molar-refractivity contribution is 6.30. The summed E-state index contributed by atoms with van der Waals surface area (Å²) in [5, 5.41) is 3.81. The van der Waals surface area contributed by atoms with Crippen LogP contribution in [-0.4, -0.2) is 41.3 Å². The van der Waals surface area contributed by atoms with Gasteiger partial charge in [0.05, 0.1) is 6.10 Å². The molecule has 2 aliphatic rings. The quantitative estimate of drug-likeness (QED) is 0.792. The summed E-state index contributed by atoms with van der Waals surface area (Å²) in [6.45, 7) is 0.970. The van der Waals surface area contributed by atoms with Crippen LogP contribution >= 0.6 is 11.6 Å². The Kier molecular flexibility index (Phi) is 5.31. The Morgan fingerprint density at radius 2 is 2.00 bits per heavy atom. The van der Waals surface area contributed by atoms with Gasteiger partial charge in [0, 0.05) is 24.2 Å². The Labute approximate surface area is 170 Å². The van der Waals surface area contributed by atoms with Gasteiger partial charge in [0.15, 0.2) is 29.6 Å². The number of aromatic nitrogens is 1. The van der Waals surface area contributed by atoms with E-state index in [-0.39, 0.29) is 41.8 Å². The molecule has 0 radical (unpaired) electrons. The third-order valence-electron chi connectivity index (χ3n) is 5.30. The van der Waals surface area contributed by atoms with E-state index in [1.807, 2.05) is 0 Å². The summed E-state index contributed by atoms with van der Waals surface area (Å²) in [5.74, 6) is -0.215. The second-order valence-electron chi connectivity index (χ2n) is 7.31. The van der Waals surface area contributed by atoms with E-state index in [0.717, 1.165) is 12.8 Å². The van der Waals surface area contributed by atoms with Gasteiger partial charge in [0.1, 0.15) is 0 Å². The fourth-order valence-corrected chi connectivity index (χ4v) is 4.12. The highest BCUT2D eigenvalue weighted by Gasteiger charge is 2.44. The molecule has 1 aromatic heterocycles. The highest BCUT2D eigenvalue weighted by atomic mass is 35.5. The first-order valence-electron chi connectivity index (χ1n) is 9.18. The topological polar surface area (TPSA) is 108 Å². The smallest absolute Gasteiger partial charge is 0.410 e. The van der Waals surface area contributed by atoms with E-state index in [0.29, 0.717) is 18.1 Å². The molecule has 1 saturated heterocycles. The zero-order valence-corrected chi connectivity index (χ0v) is 16.1. The second kappa shape index (κ2) is 7.90. The molecule has 1 aromatic carbocycles. The first-order chi connectivity index (χ1) is 13.9. The number of carbonyl (C=O) groups excluding carboxylic acids is 2. The van der Waals surface area contributed by atoms with Gasteiger partial charge >= 0.3 is 6.09 Å². The predicted molar refractivity (Wildman–Crippen MR) is 98.8 cm³/mol. The molecule has 3 atom stereocenters. The Morgan fingerprint density at radius 1 is 1.28 bits per heavy atom. The molecule has 1 saturated carbocycles. The summed E-state index contributed by atoms with van der Waals surface area (Å²) in [5.41, 5.74) is 5.08. The number of nitrogens with two attached hydrogens (primary N) is 1. The van der Waals surface area contributed by atoms with Crippen molar-refractivity contribution in [3.8, 4) is 5.75 Å². The lowest BCUT2D eigenvalue weighted by Gasteiger charge is -2.19. The second-order valence-corrected chi connectivity index (χ2v) is 7.74. The zero-order chi connectivity index (χ0) is 20.5. The molecule has 154 valence electrons. The molecule has 10 heteroatoms. The van der Waals surface area contributed by atoms with Gasteiger partial charge in [-0.3, -0.25) is 4.79 Å². The maximum Gasteiger partial charge on any atom is 0.410 e. The summed E-state index contributed by atoms with van der Waals surface area (Å²) >= 11 is 5.76. The Hall–Kier alpha value is -2.81. The molecule has 0 spiro atoms. The van der Waals surface area contributed by atoms with Crippen LogP contribution in [0.25, 0.3) is 0 Å². The van der Waals surface area contributed by atoms with Gasteiger partial charge in [-0.1, -0.05) is 16.8 Å². The number of benzene rings is 1. The lowest BCUT2D eigenvalue weighted by Crippen LogP contribution is -2.31. The maximum absolute atomic E-state index is 13.9. The van der Waals surface area contributed by atoms with Gasteiger partial charge in [0.25, 0.3) is 5.91 Å². The number of rotatable bonds is 5. The van der Waals surface area contributed by atoms with E-state index < -0.39 is 17.8 Å². The Morgan fingerprint density at radius 3 is 2.62 bits per heavy atom. The van der Waals surface area contributed by atoms with E-state index >= 15 is 0 Å². The number of carbonyl (C=O) groups is 2. The maximum atomic E-state index is 13.9. The number of halogens is 2. The molecule has 0 unspecified atom stereocenters. The van der Waals surface area contributed by atoms with Crippen LogP contribution in [0.4, 0.5) is 9.18 Å². The molecule has 8 nitrogen and oxygen atoms in total. The van der Waals surface area contributed by atoms with Crippen LogP contribution in [0.2, 0.25) is 5.02 Å². The number of primary amides is 1. The van der Waals surface area contributed by atoms with E-state index in [2.05, 4.69) is 5.16 Å². The van der Waals surface area contributed by atoms with Crippen molar-refractivity contribution in [1.82, 2.24) is 10.1 Å². The van der Waals surface area contributed by atoms with Crippen molar-refractivity contribution in [2.45, 2.75) is 25.6 Å². The monoisotopic (exact) mass is 423 g/mol. The minimum atomic E-state index is -0.714. The van der Waals surface area contributed by atoms with E-state index in [9.17, 15) is 14.0 Å². The normalized spacial score (nSPS) is 23.1. The highest BCUT2D eigenvalue weighted by Crippen LogP contribution is 2.40. The molecule has 4 rings (SSSR count). The van der Waals surface area contributed by atoms with Crippen LogP contribution in [0.15, 0.2) is 28.8 Å². The number of nitrogens with zero attached hydrogens (tertiary/aromatic N) is 2. The number of fused-ring (bicyclic) bond motifs is 1. The number of hydrogen-bond acceptors (Lipinski definition) is 6. The summed E-state index contributed by atoms with van der Waals surface area (Å²) in [6, 6.07) is 5.69. The molecular formula is C19H19ClFN3O5. The molecule has 2 aromatic rings.